The van der Waals surface area contributed by atoms with Crippen molar-refractivity contribution in [2.24, 2.45) is 5.92 Å². The van der Waals surface area contributed by atoms with Crippen LogP contribution in [0.5, 0.6) is 5.75 Å². The predicted octanol–water partition coefficient (Wildman–Crippen LogP) is 5.63. The fraction of sp³-hybridized carbons (Fsp3) is 0.400. The molecule has 0 fully saturated rings. The third-order valence-electron chi connectivity index (χ3n) is 4.52. The molecule has 1 aliphatic rings. The van der Waals surface area contributed by atoms with Crippen LogP contribution in [0, 0.1) is 5.92 Å². The van der Waals surface area contributed by atoms with E-state index < -0.39 is 0 Å². The second-order valence-electron chi connectivity index (χ2n) is 6.30. The highest BCUT2D eigenvalue weighted by atomic mass is 35.5. The normalized spacial score (nSPS) is 17.1. The molecule has 1 atom stereocenters. The van der Waals surface area contributed by atoms with E-state index in [0.717, 1.165) is 30.6 Å². The van der Waals surface area contributed by atoms with Crippen molar-refractivity contribution in [3.8, 4) is 5.75 Å². The van der Waals surface area contributed by atoms with Gasteiger partial charge in [-0.15, -0.1) is 0 Å². The third kappa shape index (κ3) is 4.85. The van der Waals surface area contributed by atoms with Crippen molar-refractivity contribution >= 4 is 22.9 Å². The van der Waals surface area contributed by atoms with Crippen LogP contribution in [-0.2, 0) is 13.0 Å². The highest BCUT2D eigenvalue weighted by Gasteiger charge is 2.19. The van der Waals surface area contributed by atoms with E-state index in [0.29, 0.717) is 17.5 Å². The Hall–Kier alpha value is -1.29. The molecule has 3 rings (SSSR count). The van der Waals surface area contributed by atoms with Crippen LogP contribution in [0.15, 0.2) is 46.7 Å². The molecule has 1 aliphatic carbocycles. The fourth-order valence-corrected chi connectivity index (χ4v) is 4.19. The summed E-state index contributed by atoms with van der Waals surface area (Å²) in [5.74, 6) is 1.25. The number of hydrogen-bond acceptors (Lipinski definition) is 3. The minimum atomic E-state index is -0.0198. The second kappa shape index (κ2) is 8.70. The first kappa shape index (κ1) is 17.5. The molecule has 4 heteroatoms. The summed E-state index contributed by atoms with van der Waals surface area (Å²) >= 11 is 7.84. The van der Waals surface area contributed by atoms with Crippen molar-refractivity contribution in [3.05, 3.63) is 62.8 Å². The van der Waals surface area contributed by atoms with Crippen LogP contribution in [0.25, 0.3) is 0 Å². The molecular formula is C20H23ClO2S. The Balaban J connectivity index is 1.49. The number of hydrogen-bond donors (Lipinski definition) is 1. The smallest absolute Gasteiger partial charge is 0.121 e. The van der Waals surface area contributed by atoms with Gasteiger partial charge in [0.25, 0.3) is 0 Å². The standard InChI is InChI=1S/C20H23ClO2S/c21-19-9-16(12-22)10-20(11-19)23-13-18-6-2-5-17(18)4-1-3-15-7-8-24-14-15/h5,7-11,14,18,22H,1-4,6,12-13H2/t18-/m1/s1. The first-order valence-corrected chi connectivity index (χ1v) is 9.80. The van der Waals surface area contributed by atoms with Crippen LogP contribution < -0.4 is 4.74 Å². The molecule has 0 unspecified atom stereocenters. The monoisotopic (exact) mass is 362 g/mol. The molecule has 0 bridgehead atoms. The maximum absolute atomic E-state index is 9.26. The average molecular weight is 363 g/mol. The summed E-state index contributed by atoms with van der Waals surface area (Å²) in [5.41, 5.74) is 3.77. The van der Waals surface area contributed by atoms with Gasteiger partial charge in [0.1, 0.15) is 5.75 Å². The lowest BCUT2D eigenvalue weighted by Gasteiger charge is -2.17. The van der Waals surface area contributed by atoms with E-state index in [4.69, 9.17) is 16.3 Å². The van der Waals surface area contributed by atoms with Gasteiger partial charge in [-0.2, -0.15) is 11.3 Å². The number of aryl methyl sites for hydroxylation is 1. The van der Waals surface area contributed by atoms with E-state index in [2.05, 4.69) is 22.9 Å². The number of rotatable bonds is 8. The number of thiophene rings is 1. The zero-order chi connectivity index (χ0) is 16.8. The molecule has 1 heterocycles. The molecule has 0 saturated carbocycles. The van der Waals surface area contributed by atoms with Crippen LogP contribution in [0.4, 0.5) is 0 Å². The van der Waals surface area contributed by atoms with Gasteiger partial charge in [0.05, 0.1) is 13.2 Å². The Morgan fingerprint density at radius 1 is 1.21 bits per heavy atom. The lowest BCUT2D eigenvalue weighted by atomic mass is 9.97. The third-order valence-corrected chi connectivity index (χ3v) is 5.47. The van der Waals surface area contributed by atoms with Gasteiger partial charge in [0.2, 0.25) is 0 Å². The van der Waals surface area contributed by atoms with Gasteiger partial charge >= 0.3 is 0 Å². The SMILES string of the molecule is OCc1cc(Cl)cc(OC[C@H]2CCC=C2CCCc2ccsc2)c1. The van der Waals surface area contributed by atoms with Crippen molar-refractivity contribution in [1.82, 2.24) is 0 Å². The summed E-state index contributed by atoms with van der Waals surface area (Å²) in [4.78, 5) is 0. The Morgan fingerprint density at radius 3 is 2.92 bits per heavy atom. The van der Waals surface area contributed by atoms with Crippen LogP contribution in [0.3, 0.4) is 0 Å². The van der Waals surface area contributed by atoms with E-state index >= 15 is 0 Å². The largest absolute Gasteiger partial charge is 0.493 e. The molecule has 2 aromatic rings. The number of ether oxygens (including phenoxy) is 1. The zero-order valence-electron chi connectivity index (χ0n) is 13.7. The van der Waals surface area contributed by atoms with Gasteiger partial charge in [-0.05, 0) is 78.3 Å². The van der Waals surface area contributed by atoms with E-state index in [1.165, 1.54) is 24.0 Å². The number of aliphatic hydroxyl groups is 1. The van der Waals surface area contributed by atoms with Gasteiger partial charge in [-0.1, -0.05) is 23.3 Å². The zero-order valence-corrected chi connectivity index (χ0v) is 15.3. The highest BCUT2D eigenvalue weighted by molar-refractivity contribution is 7.07. The average Bonchev–Trinajstić information content (AvgIpc) is 3.24. The molecule has 0 aliphatic heterocycles. The predicted molar refractivity (Wildman–Crippen MR) is 101 cm³/mol. The van der Waals surface area contributed by atoms with Gasteiger partial charge in [0, 0.05) is 10.9 Å². The van der Waals surface area contributed by atoms with Crippen molar-refractivity contribution in [1.29, 1.82) is 0 Å². The first-order valence-electron chi connectivity index (χ1n) is 8.47. The Bertz CT molecular complexity index is 679. The molecular weight excluding hydrogens is 340 g/mol. The van der Waals surface area contributed by atoms with Gasteiger partial charge < -0.3 is 9.84 Å². The molecule has 2 nitrogen and oxygen atoms in total. The maximum atomic E-state index is 9.26. The van der Waals surface area contributed by atoms with Gasteiger partial charge in [0.15, 0.2) is 0 Å². The summed E-state index contributed by atoms with van der Waals surface area (Å²) in [5, 5.41) is 14.3. The fourth-order valence-electron chi connectivity index (χ4n) is 3.24. The van der Waals surface area contributed by atoms with Crippen LogP contribution >= 0.6 is 22.9 Å². The molecule has 0 spiro atoms. The van der Waals surface area contributed by atoms with Crippen LogP contribution in [0.1, 0.15) is 36.8 Å². The van der Waals surface area contributed by atoms with Gasteiger partial charge in [-0.25, -0.2) is 0 Å². The summed E-state index contributed by atoms with van der Waals surface area (Å²) in [6.07, 6.45) is 8.22. The summed E-state index contributed by atoms with van der Waals surface area (Å²) in [6, 6.07) is 7.66. The highest BCUT2D eigenvalue weighted by Crippen LogP contribution is 2.31. The Kier molecular flexibility index (Phi) is 6.36. The minimum absolute atomic E-state index is 0.0198. The number of benzene rings is 1. The van der Waals surface area contributed by atoms with Gasteiger partial charge in [-0.3, -0.25) is 0 Å². The Morgan fingerprint density at radius 2 is 2.12 bits per heavy atom. The second-order valence-corrected chi connectivity index (χ2v) is 7.52. The van der Waals surface area contributed by atoms with Crippen LogP contribution in [0.2, 0.25) is 5.02 Å². The summed E-state index contributed by atoms with van der Waals surface area (Å²) in [7, 11) is 0. The topological polar surface area (TPSA) is 29.5 Å². The van der Waals surface area contributed by atoms with Crippen molar-refractivity contribution in [2.45, 2.75) is 38.7 Å². The van der Waals surface area contributed by atoms with E-state index in [1.807, 2.05) is 12.1 Å². The molecule has 0 amide bonds. The molecule has 1 aromatic heterocycles. The van der Waals surface area contributed by atoms with Crippen molar-refractivity contribution in [3.63, 3.8) is 0 Å². The molecule has 128 valence electrons. The first-order chi connectivity index (χ1) is 11.7. The van der Waals surface area contributed by atoms with E-state index in [1.54, 1.807) is 17.4 Å². The van der Waals surface area contributed by atoms with Crippen LogP contribution in [-0.4, -0.2) is 11.7 Å². The molecule has 0 radical (unpaired) electrons. The van der Waals surface area contributed by atoms with E-state index in [-0.39, 0.29) is 6.61 Å². The summed E-state index contributed by atoms with van der Waals surface area (Å²) < 4.78 is 5.96. The lowest BCUT2D eigenvalue weighted by molar-refractivity contribution is 0.261. The van der Waals surface area contributed by atoms with Crippen molar-refractivity contribution in [2.75, 3.05) is 6.61 Å². The van der Waals surface area contributed by atoms with E-state index in [9.17, 15) is 5.11 Å². The molecule has 1 N–H and O–H groups in total. The molecule has 1 aromatic carbocycles. The molecule has 0 saturated heterocycles. The number of aliphatic hydroxyl groups excluding tert-OH is 1. The lowest BCUT2D eigenvalue weighted by Crippen LogP contribution is -2.12. The number of halogens is 1. The maximum Gasteiger partial charge on any atom is 0.121 e. The Labute approximate surface area is 152 Å². The minimum Gasteiger partial charge on any atom is -0.493 e. The molecule has 24 heavy (non-hydrogen) atoms. The number of allylic oxidation sites excluding steroid dienone is 1. The summed E-state index contributed by atoms with van der Waals surface area (Å²) in [6.45, 7) is 0.670. The van der Waals surface area contributed by atoms with Crippen molar-refractivity contribution < 1.29 is 9.84 Å². The quantitative estimate of drug-likeness (QED) is 0.616.